The number of anilines is 1. The first-order chi connectivity index (χ1) is 20.2. The average Bonchev–Trinajstić information content (AvgIpc) is 3.39. The third-order valence-electron chi connectivity index (χ3n) is 7.47. The lowest BCUT2D eigenvalue weighted by Crippen LogP contribution is -2.43. The Balaban J connectivity index is 1.64. The number of hydrogen-bond donors (Lipinski definition) is 1. The van der Waals surface area contributed by atoms with Gasteiger partial charge in [0, 0.05) is 23.1 Å². The lowest BCUT2D eigenvalue weighted by atomic mass is 9.94. The van der Waals surface area contributed by atoms with Gasteiger partial charge in [0.05, 0.1) is 25.3 Å². The predicted octanol–water partition coefficient (Wildman–Crippen LogP) is 5.36. The van der Waals surface area contributed by atoms with Crippen LogP contribution in [-0.2, 0) is 14.6 Å². The van der Waals surface area contributed by atoms with Gasteiger partial charge < -0.3 is 15.0 Å². The van der Waals surface area contributed by atoms with Crippen molar-refractivity contribution in [2.75, 3.05) is 31.6 Å². The molecule has 1 fully saturated rings. The van der Waals surface area contributed by atoms with E-state index >= 15 is 0 Å². The van der Waals surface area contributed by atoms with E-state index in [4.69, 9.17) is 27.9 Å². The highest BCUT2D eigenvalue weighted by molar-refractivity contribution is 7.91. The first kappa shape index (κ1) is 28.4. The highest BCUT2D eigenvalue weighted by Crippen LogP contribution is 2.45. The van der Waals surface area contributed by atoms with Crippen LogP contribution in [0.15, 0.2) is 93.4 Å². The van der Waals surface area contributed by atoms with Gasteiger partial charge in [0.1, 0.15) is 27.0 Å². The van der Waals surface area contributed by atoms with E-state index in [1.54, 1.807) is 48.5 Å². The van der Waals surface area contributed by atoms with Gasteiger partial charge in [0.25, 0.3) is 11.5 Å². The molecule has 1 aromatic heterocycles. The summed E-state index contributed by atoms with van der Waals surface area (Å²) in [6.07, 6.45) is 0. The molecule has 0 unspecified atom stereocenters. The van der Waals surface area contributed by atoms with Gasteiger partial charge in [-0.3, -0.25) is 14.2 Å². The van der Waals surface area contributed by atoms with E-state index in [0.29, 0.717) is 21.2 Å². The van der Waals surface area contributed by atoms with Crippen LogP contribution in [0.2, 0.25) is 10.0 Å². The van der Waals surface area contributed by atoms with Crippen molar-refractivity contribution in [3.8, 4) is 0 Å². The van der Waals surface area contributed by atoms with Crippen LogP contribution in [0.25, 0.3) is 0 Å². The molecule has 6 rings (SSSR count). The number of rotatable bonds is 5. The van der Waals surface area contributed by atoms with Crippen molar-refractivity contribution >= 4 is 44.8 Å². The highest BCUT2D eigenvalue weighted by atomic mass is 35.5. The number of amides is 1. The van der Waals surface area contributed by atoms with Gasteiger partial charge in [-0.1, -0.05) is 59.6 Å². The molecule has 0 aliphatic carbocycles. The van der Waals surface area contributed by atoms with Gasteiger partial charge in [-0.2, -0.15) is 0 Å². The van der Waals surface area contributed by atoms with Gasteiger partial charge in [0.2, 0.25) is 9.84 Å². The Morgan fingerprint density at radius 3 is 2.10 bits per heavy atom. The van der Waals surface area contributed by atoms with Crippen LogP contribution in [0, 0.1) is 5.82 Å². The van der Waals surface area contributed by atoms with E-state index < -0.39 is 44.1 Å². The number of carbonyl (C=O) groups is 1. The van der Waals surface area contributed by atoms with Crippen molar-refractivity contribution in [1.29, 1.82) is 0 Å². The van der Waals surface area contributed by atoms with E-state index in [0.717, 1.165) is 18.2 Å². The number of benzene rings is 3. The number of sulfone groups is 1. The summed E-state index contributed by atoms with van der Waals surface area (Å²) in [6.45, 7) is 1.04. The smallest absolute Gasteiger partial charge is 0.265 e. The van der Waals surface area contributed by atoms with Gasteiger partial charge in [-0.25, -0.2) is 12.8 Å². The number of ether oxygens (including phenoxy) is 1. The number of morpholine rings is 1. The fourth-order valence-corrected chi connectivity index (χ4v) is 7.16. The summed E-state index contributed by atoms with van der Waals surface area (Å²) in [5.74, 6) is -1.64. The van der Waals surface area contributed by atoms with Gasteiger partial charge >= 0.3 is 0 Å². The van der Waals surface area contributed by atoms with Gasteiger partial charge in [-0.15, -0.1) is 0 Å². The Morgan fingerprint density at radius 1 is 0.881 bits per heavy atom. The second-order valence-corrected chi connectivity index (χ2v) is 12.7. The molecule has 4 aromatic rings. The second kappa shape index (κ2) is 11.2. The lowest BCUT2D eigenvalue weighted by Gasteiger charge is -2.27. The maximum Gasteiger partial charge on any atom is 0.265 e. The van der Waals surface area contributed by atoms with Crippen molar-refractivity contribution in [3.05, 3.63) is 122 Å². The van der Waals surface area contributed by atoms with Crippen LogP contribution >= 0.6 is 23.2 Å². The topological polar surface area (TPSA) is 97.7 Å². The molecule has 12 heteroatoms. The van der Waals surface area contributed by atoms with Gasteiger partial charge in [-0.05, 0) is 53.6 Å². The monoisotopic (exact) mass is 627 g/mol. The molecule has 1 saturated heterocycles. The molecule has 0 radical (unpaired) electrons. The number of halogens is 3. The Labute approximate surface area is 251 Å². The number of carbonyl (C=O) groups excluding carboxylic acids is 1. The molecule has 216 valence electrons. The van der Waals surface area contributed by atoms with E-state index in [9.17, 15) is 22.4 Å². The number of aromatic nitrogens is 1. The maximum atomic E-state index is 14.9. The molecule has 0 spiro atoms. The zero-order valence-electron chi connectivity index (χ0n) is 22.0. The summed E-state index contributed by atoms with van der Waals surface area (Å²) in [5, 5.41) is 4.19. The summed E-state index contributed by atoms with van der Waals surface area (Å²) >= 11 is 12.3. The Kier molecular flexibility index (Phi) is 7.57. The van der Waals surface area contributed by atoms with Crippen molar-refractivity contribution in [2.45, 2.75) is 21.9 Å². The number of fused-ring (bicyclic) bond motifs is 1. The lowest BCUT2D eigenvalue weighted by molar-refractivity contribution is 0.0301. The zero-order valence-corrected chi connectivity index (χ0v) is 24.3. The second-order valence-electron chi connectivity index (χ2n) is 9.95. The molecule has 2 atom stereocenters. The number of nitrogens with one attached hydrogen (secondary N) is 1. The summed E-state index contributed by atoms with van der Waals surface area (Å²) < 4.78 is 49.7. The third kappa shape index (κ3) is 4.98. The molecule has 8 nitrogen and oxygen atoms in total. The van der Waals surface area contributed by atoms with Crippen LogP contribution in [0.3, 0.4) is 0 Å². The Morgan fingerprint density at radius 2 is 1.48 bits per heavy atom. The van der Waals surface area contributed by atoms with E-state index in [-0.39, 0.29) is 42.6 Å². The molecule has 1 amide bonds. The average molecular weight is 629 g/mol. The minimum Gasteiger partial charge on any atom is -0.378 e. The number of hydrogen-bond acceptors (Lipinski definition) is 6. The summed E-state index contributed by atoms with van der Waals surface area (Å²) in [5.41, 5.74) is 0.321. The van der Waals surface area contributed by atoms with E-state index in [1.807, 2.05) is 0 Å². The molecular formula is C30H24Cl2FN3O5S. The van der Waals surface area contributed by atoms with E-state index in [2.05, 4.69) is 5.32 Å². The molecule has 0 bridgehead atoms. The van der Waals surface area contributed by atoms with E-state index in [1.165, 1.54) is 21.6 Å². The van der Waals surface area contributed by atoms with Crippen LogP contribution in [-0.4, -0.2) is 50.1 Å². The fraction of sp³-hybridized carbons (Fsp3) is 0.200. The SMILES string of the molecule is O=C(c1cc(S(=O)(=O)c2ccccc2F)c2n(c1=O)[C@@H](c1ccc(Cl)cc1)[C@@H](c1ccc(Cl)cc1)N2)N1CCOCC1. The first-order valence-corrected chi connectivity index (χ1v) is 15.3. The number of pyridine rings is 1. The quantitative estimate of drug-likeness (QED) is 0.320. The van der Waals surface area contributed by atoms with Crippen LogP contribution in [0.4, 0.5) is 10.2 Å². The summed E-state index contributed by atoms with van der Waals surface area (Å²) in [6, 6.07) is 18.3. The summed E-state index contributed by atoms with van der Waals surface area (Å²) in [4.78, 5) is 28.4. The van der Waals surface area contributed by atoms with Crippen LogP contribution in [0.5, 0.6) is 0 Å². The molecule has 1 N–H and O–H groups in total. The molecule has 2 aliphatic rings. The van der Waals surface area contributed by atoms with Crippen molar-refractivity contribution in [2.24, 2.45) is 0 Å². The minimum atomic E-state index is -4.56. The zero-order chi connectivity index (χ0) is 29.6. The Bertz CT molecular complexity index is 1840. The fourth-order valence-electron chi connectivity index (χ4n) is 5.41. The highest BCUT2D eigenvalue weighted by Gasteiger charge is 2.41. The molecule has 42 heavy (non-hydrogen) atoms. The normalized spacial score (nSPS) is 18.4. The molecule has 3 aromatic carbocycles. The first-order valence-electron chi connectivity index (χ1n) is 13.1. The minimum absolute atomic E-state index is 0.0540. The van der Waals surface area contributed by atoms with Crippen LogP contribution in [0.1, 0.15) is 33.6 Å². The van der Waals surface area contributed by atoms with Crippen molar-refractivity contribution in [1.82, 2.24) is 9.47 Å². The third-order valence-corrected chi connectivity index (χ3v) is 9.77. The maximum absolute atomic E-state index is 14.9. The van der Waals surface area contributed by atoms with Gasteiger partial charge in [0.15, 0.2) is 0 Å². The molecule has 2 aliphatic heterocycles. The largest absolute Gasteiger partial charge is 0.378 e. The van der Waals surface area contributed by atoms with Crippen molar-refractivity contribution in [3.63, 3.8) is 0 Å². The standard InChI is InChI=1S/C30H24Cl2FN3O5S/c31-20-9-5-18(6-10-20)26-27(19-7-11-21(32)12-8-19)36-28(34-26)25(42(39,40)24-4-2-1-3-23(24)33)17-22(30(36)38)29(37)35-13-15-41-16-14-35/h1-12,17,26-27,34H,13-16H2/t26-,27+/m1/s1. The molecular weight excluding hydrogens is 604 g/mol. The summed E-state index contributed by atoms with van der Waals surface area (Å²) in [7, 11) is -4.56. The molecule has 0 saturated carbocycles. The van der Waals surface area contributed by atoms with Crippen LogP contribution < -0.4 is 10.9 Å². The number of nitrogens with zero attached hydrogens (tertiary/aromatic N) is 2. The Hall–Kier alpha value is -3.70. The molecule has 3 heterocycles. The predicted molar refractivity (Wildman–Crippen MR) is 157 cm³/mol. The van der Waals surface area contributed by atoms with Crippen molar-refractivity contribution < 1.29 is 22.3 Å².